The molecule has 1 aromatic heterocycles. The molecule has 0 aromatic carbocycles. The SMILES string of the molecule is Clc1cnc(CN2CCCCCCC2)cn1. The average Bonchev–Trinajstić information content (AvgIpc) is 2.25. The van der Waals surface area contributed by atoms with Crippen LogP contribution in [0.4, 0.5) is 0 Å². The lowest BCUT2D eigenvalue weighted by Gasteiger charge is -2.23. The van der Waals surface area contributed by atoms with Crippen molar-refractivity contribution in [1.29, 1.82) is 0 Å². The first-order valence-corrected chi connectivity index (χ1v) is 6.41. The van der Waals surface area contributed by atoms with Crippen LogP contribution in [-0.2, 0) is 6.54 Å². The van der Waals surface area contributed by atoms with E-state index in [1.807, 2.05) is 0 Å². The molecule has 1 fully saturated rings. The minimum Gasteiger partial charge on any atom is -0.297 e. The molecule has 1 aliphatic heterocycles. The fourth-order valence-corrected chi connectivity index (χ4v) is 2.22. The van der Waals surface area contributed by atoms with E-state index in [2.05, 4.69) is 14.9 Å². The molecule has 2 heterocycles. The maximum Gasteiger partial charge on any atom is 0.147 e. The second-order valence-corrected chi connectivity index (χ2v) is 4.76. The maximum atomic E-state index is 5.71. The highest BCUT2D eigenvalue weighted by Gasteiger charge is 2.09. The van der Waals surface area contributed by atoms with Crippen LogP contribution in [0.3, 0.4) is 0 Å². The molecule has 16 heavy (non-hydrogen) atoms. The van der Waals surface area contributed by atoms with Gasteiger partial charge in [-0.3, -0.25) is 9.88 Å². The largest absolute Gasteiger partial charge is 0.297 e. The number of hydrogen-bond donors (Lipinski definition) is 0. The van der Waals surface area contributed by atoms with Gasteiger partial charge in [-0.15, -0.1) is 0 Å². The fraction of sp³-hybridized carbons (Fsp3) is 0.667. The predicted octanol–water partition coefficient (Wildman–Crippen LogP) is 2.90. The summed E-state index contributed by atoms with van der Waals surface area (Å²) in [6.07, 6.45) is 10.1. The summed E-state index contributed by atoms with van der Waals surface area (Å²) in [6.45, 7) is 3.28. The molecule has 0 amide bonds. The molecule has 0 aliphatic carbocycles. The zero-order valence-electron chi connectivity index (χ0n) is 9.53. The van der Waals surface area contributed by atoms with Gasteiger partial charge in [0.2, 0.25) is 0 Å². The van der Waals surface area contributed by atoms with Crippen LogP contribution in [0, 0.1) is 0 Å². The normalized spacial score (nSPS) is 19.1. The minimum atomic E-state index is 0.469. The predicted molar refractivity (Wildman–Crippen MR) is 65.4 cm³/mol. The van der Waals surface area contributed by atoms with E-state index in [9.17, 15) is 0 Å². The molecule has 0 unspecified atom stereocenters. The standard InChI is InChI=1S/C12H18ClN3/c13-12-9-14-11(8-15-12)10-16-6-4-2-1-3-5-7-16/h8-9H,1-7,10H2. The molecule has 1 aliphatic rings. The van der Waals surface area contributed by atoms with Crippen LogP contribution in [-0.4, -0.2) is 28.0 Å². The van der Waals surface area contributed by atoms with Gasteiger partial charge in [0.1, 0.15) is 5.15 Å². The summed E-state index contributed by atoms with van der Waals surface area (Å²) in [5.41, 5.74) is 1.02. The van der Waals surface area contributed by atoms with Gasteiger partial charge in [-0.2, -0.15) is 0 Å². The van der Waals surface area contributed by atoms with Gasteiger partial charge in [-0.05, 0) is 25.9 Å². The number of hydrogen-bond acceptors (Lipinski definition) is 3. The van der Waals surface area contributed by atoms with Crippen molar-refractivity contribution in [2.45, 2.75) is 38.6 Å². The van der Waals surface area contributed by atoms with Gasteiger partial charge in [0.15, 0.2) is 0 Å². The Bertz CT molecular complexity index is 305. The number of rotatable bonds is 2. The summed E-state index contributed by atoms with van der Waals surface area (Å²) in [6, 6.07) is 0. The van der Waals surface area contributed by atoms with Crippen LogP contribution in [0.5, 0.6) is 0 Å². The molecule has 1 saturated heterocycles. The van der Waals surface area contributed by atoms with Crippen LogP contribution in [0.15, 0.2) is 12.4 Å². The summed E-state index contributed by atoms with van der Waals surface area (Å²) in [5, 5.41) is 0.469. The first-order chi connectivity index (χ1) is 7.84. The van der Waals surface area contributed by atoms with E-state index in [0.717, 1.165) is 12.2 Å². The van der Waals surface area contributed by atoms with Crippen molar-refractivity contribution >= 4 is 11.6 Å². The second-order valence-electron chi connectivity index (χ2n) is 4.37. The highest BCUT2D eigenvalue weighted by molar-refractivity contribution is 6.29. The molecule has 88 valence electrons. The number of likely N-dealkylation sites (tertiary alicyclic amines) is 1. The van der Waals surface area contributed by atoms with E-state index in [-0.39, 0.29) is 0 Å². The third kappa shape index (κ3) is 3.72. The van der Waals surface area contributed by atoms with Crippen molar-refractivity contribution in [2.24, 2.45) is 0 Å². The van der Waals surface area contributed by atoms with Gasteiger partial charge in [0.25, 0.3) is 0 Å². The third-order valence-corrected chi connectivity index (χ3v) is 3.20. The maximum absolute atomic E-state index is 5.71. The van der Waals surface area contributed by atoms with Crippen molar-refractivity contribution in [3.05, 3.63) is 23.2 Å². The average molecular weight is 240 g/mol. The number of nitrogens with zero attached hydrogens (tertiary/aromatic N) is 3. The van der Waals surface area contributed by atoms with Crippen LogP contribution in [0.25, 0.3) is 0 Å². The summed E-state index contributed by atoms with van der Waals surface area (Å²) in [5.74, 6) is 0. The third-order valence-electron chi connectivity index (χ3n) is 3.01. The van der Waals surface area contributed by atoms with Gasteiger partial charge in [-0.1, -0.05) is 30.9 Å². The van der Waals surface area contributed by atoms with Crippen LogP contribution in [0.2, 0.25) is 5.15 Å². The quantitative estimate of drug-likeness (QED) is 0.795. The topological polar surface area (TPSA) is 29.0 Å². The lowest BCUT2D eigenvalue weighted by Crippen LogP contribution is -2.27. The van der Waals surface area contributed by atoms with Gasteiger partial charge in [0.05, 0.1) is 18.1 Å². The van der Waals surface area contributed by atoms with Crippen molar-refractivity contribution in [3.63, 3.8) is 0 Å². The first-order valence-electron chi connectivity index (χ1n) is 6.03. The van der Waals surface area contributed by atoms with E-state index in [4.69, 9.17) is 11.6 Å². The Hall–Kier alpha value is -0.670. The van der Waals surface area contributed by atoms with Crippen molar-refractivity contribution < 1.29 is 0 Å². The highest BCUT2D eigenvalue weighted by Crippen LogP contribution is 2.12. The Labute approximate surface area is 102 Å². The van der Waals surface area contributed by atoms with E-state index in [1.54, 1.807) is 12.4 Å². The minimum absolute atomic E-state index is 0.469. The zero-order valence-corrected chi connectivity index (χ0v) is 10.3. The molecular weight excluding hydrogens is 222 g/mol. The molecule has 4 heteroatoms. The van der Waals surface area contributed by atoms with Crippen molar-refractivity contribution in [1.82, 2.24) is 14.9 Å². The van der Waals surface area contributed by atoms with Crippen molar-refractivity contribution in [3.8, 4) is 0 Å². The molecule has 0 radical (unpaired) electrons. The lowest BCUT2D eigenvalue weighted by molar-refractivity contribution is 0.237. The lowest BCUT2D eigenvalue weighted by atomic mass is 10.1. The van der Waals surface area contributed by atoms with E-state index in [0.29, 0.717) is 5.15 Å². The Morgan fingerprint density at radius 3 is 2.31 bits per heavy atom. The first kappa shape index (κ1) is 11.8. The van der Waals surface area contributed by atoms with Gasteiger partial charge >= 0.3 is 0 Å². The molecule has 3 nitrogen and oxygen atoms in total. The van der Waals surface area contributed by atoms with Crippen molar-refractivity contribution in [2.75, 3.05) is 13.1 Å². The van der Waals surface area contributed by atoms with Gasteiger partial charge < -0.3 is 0 Å². The van der Waals surface area contributed by atoms with Crippen LogP contribution in [0.1, 0.15) is 37.8 Å². The Morgan fingerprint density at radius 1 is 1.00 bits per heavy atom. The molecule has 1 aromatic rings. The molecule has 2 rings (SSSR count). The summed E-state index contributed by atoms with van der Waals surface area (Å²) < 4.78 is 0. The monoisotopic (exact) mass is 239 g/mol. The summed E-state index contributed by atoms with van der Waals surface area (Å²) in [7, 11) is 0. The molecule has 0 spiro atoms. The van der Waals surface area contributed by atoms with Crippen LogP contribution < -0.4 is 0 Å². The van der Waals surface area contributed by atoms with Gasteiger partial charge in [0, 0.05) is 6.54 Å². The van der Waals surface area contributed by atoms with Gasteiger partial charge in [-0.25, -0.2) is 4.98 Å². The Morgan fingerprint density at radius 2 is 1.69 bits per heavy atom. The molecule has 0 atom stereocenters. The number of aromatic nitrogens is 2. The fourth-order valence-electron chi connectivity index (χ4n) is 2.12. The van der Waals surface area contributed by atoms with E-state index in [1.165, 1.54) is 45.2 Å². The van der Waals surface area contributed by atoms with E-state index < -0.39 is 0 Å². The molecule has 0 bridgehead atoms. The van der Waals surface area contributed by atoms with Crippen LogP contribution >= 0.6 is 11.6 Å². The number of halogens is 1. The Kier molecular flexibility index (Phi) is 4.55. The zero-order chi connectivity index (χ0) is 11.2. The highest BCUT2D eigenvalue weighted by atomic mass is 35.5. The summed E-state index contributed by atoms with van der Waals surface area (Å²) >= 11 is 5.71. The molecular formula is C12H18ClN3. The smallest absolute Gasteiger partial charge is 0.147 e. The Balaban J connectivity index is 1.89. The van der Waals surface area contributed by atoms with E-state index >= 15 is 0 Å². The second kappa shape index (κ2) is 6.16. The molecule has 0 N–H and O–H groups in total. The summed E-state index contributed by atoms with van der Waals surface area (Å²) in [4.78, 5) is 10.8. The molecule has 0 saturated carbocycles.